The second-order valence-corrected chi connectivity index (χ2v) is 7.86. The van der Waals surface area contributed by atoms with Gasteiger partial charge < -0.3 is 4.74 Å². The third-order valence-corrected chi connectivity index (χ3v) is 1.95. The molecule has 0 aromatic carbocycles. The standard InChI is InChI=1S/C7H6F10O3.C5H5F7O2.C4H10.CF4/c1-3(8,9)18-5(12,13)6(14,15)20-7(16,17)19-4(2,10)11;1-3(6,7)13-2-4(8,9)14-5(10,11)12;1-4(2)3;2-1(3,4)5/h1-2H3;2H2,1H3;4H,1-3H3;. The van der Waals surface area contributed by atoms with E-state index in [1.807, 2.05) is 4.74 Å². The van der Waals surface area contributed by atoms with Crippen molar-refractivity contribution in [3.63, 3.8) is 0 Å². The molecule has 0 atom stereocenters. The van der Waals surface area contributed by atoms with Crippen molar-refractivity contribution in [1.82, 2.24) is 0 Å². The molecule has 0 bridgehead atoms. The summed E-state index contributed by atoms with van der Waals surface area (Å²) in [6, 6.07) is 0. The maximum Gasteiger partial charge on any atom is 0.559 e. The monoisotopic (exact) mass is 704 g/mol. The maximum absolute atomic E-state index is 12.6. The molecule has 0 saturated heterocycles. The molecule has 0 aliphatic heterocycles. The van der Waals surface area contributed by atoms with Gasteiger partial charge in [-0.2, -0.15) is 52.7 Å². The molecule has 0 aromatic heterocycles. The zero-order valence-electron chi connectivity index (χ0n) is 21.8. The molecule has 0 spiro atoms. The SMILES string of the molecule is CC(C)C.CC(F)(F)OC(F)(F)OC(F)(F)C(F)(F)OC(C)(F)F.CC(F)(F)OCC(F)(F)OC(F)(F)F.FC(F)(F)F. The number of ether oxygens (including phenoxy) is 5. The lowest BCUT2D eigenvalue weighted by Crippen LogP contribution is -2.52. The Bertz CT molecular complexity index is 739. The predicted octanol–water partition coefficient (Wildman–Crippen LogP) is 9.88. The molecular formula is C17H21F21O5. The van der Waals surface area contributed by atoms with E-state index in [4.69, 9.17) is 0 Å². The third-order valence-electron chi connectivity index (χ3n) is 1.95. The van der Waals surface area contributed by atoms with E-state index in [9.17, 15) is 92.2 Å². The molecular weight excluding hydrogens is 683 g/mol. The number of alkyl halides is 21. The lowest BCUT2D eigenvalue weighted by atomic mass is 10.3. The Hall–Kier alpha value is -1.67. The van der Waals surface area contributed by atoms with Gasteiger partial charge in [-0.1, -0.05) is 20.8 Å². The minimum absolute atomic E-state index is 0.108. The van der Waals surface area contributed by atoms with Gasteiger partial charge in [-0.05, 0) is 5.92 Å². The Labute approximate surface area is 227 Å². The van der Waals surface area contributed by atoms with Crippen LogP contribution < -0.4 is 0 Å². The van der Waals surface area contributed by atoms with Crippen molar-refractivity contribution in [3.8, 4) is 0 Å². The van der Waals surface area contributed by atoms with Crippen molar-refractivity contribution in [2.24, 2.45) is 5.92 Å². The van der Waals surface area contributed by atoms with Gasteiger partial charge >= 0.3 is 55.7 Å². The highest BCUT2D eigenvalue weighted by Crippen LogP contribution is 2.44. The summed E-state index contributed by atoms with van der Waals surface area (Å²) in [5, 5.41) is 0. The van der Waals surface area contributed by atoms with Crippen LogP contribution in [0.15, 0.2) is 0 Å². The van der Waals surface area contributed by atoms with Gasteiger partial charge in [0.05, 0.1) is 0 Å². The van der Waals surface area contributed by atoms with Crippen LogP contribution in [0.3, 0.4) is 0 Å². The minimum Gasteiger partial charge on any atom is -0.311 e. The molecule has 0 rings (SSSR count). The van der Waals surface area contributed by atoms with Gasteiger partial charge in [-0.15, -0.1) is 39.5 Å². The van der Waals surface area contributed by atoms with Crippen molar-refractivity contribution in [2.45, 2.75) is 97.3 Å². The van der Waals surface area contributed by atoms with Crippen LogP contribution in [-0.4, -0.2) is 62.3 Å². The van der Waals surface area contributed by atoms with E-state index in [2.05, 4.69) is 39.7 Å². The highest BCUT2D eigenvalue weighted by atomic mass is 19.5. The quantitative estimate of drug-likeness (QED) is 0.158. The molecule has 0 aliphatic rings. The molecule has 0 N–H and O–H groups in total. The van der Waals surface area contributed by atoms with Crippen LogP contribution in [-0.2, 0) is 23.7 Å². The smallest absolute Gasteiger partial charge is 0.311 e. The zero-order chi connectivity index (χ0) is 36.3. The summed E-state index contributed by atoms with van der Waals surface area (Å²) in [5.41, 5.74) is 0. The molecule has 5 nitrogen and oxygen atoms in total. The van der Waals surface area contributed by atoms with E-state index >= 15 is 0 Å². The maximum atomic E-state index is 12.6. The molecule has 0 heterocycles. The van der Waals surface area contributed by atoms with Crippen LogP contribution in [0.1, 0.15) is 41.5 Å². The van der Waals surface area contributed by atoms with Gasteiger partial charge in [0.15, 0.2) is 0 Å². The second-order valence-electron chi connectivity index (χ2n) is 7.86. The lowest BCUT2D eigenvalue weighted by molar-refractivity contribution is -0.563. The summed E-state index contributed by atoms with van der Waals surface area (Å²) in [6.07, 6.45) is -48.0. The average Bonchev–Trinajstić information content (AvgIpc) is 2.50. The van der Waals surface area contributed by atoms with E-state index in [1.165, 1.54) is 0 Å². The number of hydrogen-bond donors (Lipinski definition) is 0. The first kappa shape index (κ1) is 48.2. The van der Waals surface area contributed by atoms with Crippen LogP contribution >= 0.6 is 0 Å². The van der Waals surface area contributed by atoms with Crippen molar-refractivity contribution in [2.75, 3.05) is 6.61 Å². The lowest BCUT2D eigenvalue weighted by Gasteiger charge is -2.30. The molecule has 43 heavy (non-hydrogen) atoms. The van der Waals surface area contributed by atoms with E-state index in [0.717, 1.165) is 5.92 Å². The fraction of sp³-hybridized carbons (Fsp3) is 1.00. The molecule has 0 aliphatic carbocycles. The Balaban J connectivity index is -0.000000284. The molecule has 266 valence electrons. The summed E-state index contributed by atoms with van der Waals surface area (Å²) in [4.78, 5) is 0. The van der Waals surface area contributed by atoms with Crippen LogP contribution in [0, 0.1) is 5.92 Å². The van der Waals surface area contributed by atoms with Gasteiger partial charge in [0, 0.05) is 20.8 Å². The van der Waals surface area contributed by atoms with Crippen molar-refractivity contribution >= 4 is 0 Å². The highest BCUT2D eigenvalue weighted by molar-refractivity contribution is 4.69. The summed E-state index contributed by atoms with van der Waals surface area (Å²) in [7, 11) is 0. The number of hydrogen-bond acceptors (Lipinski definition) is 5. The summed E-state index contributed by atoms with van der Waals surface area (Å²) >= 11 is 0. The Morgan fingerprint density at radius 3 is 0.953 bits per heavy atom. The summed E-state index contributed by atoms with van der Waals surface area (Å²) < 4.78 is 255. The molecule has 0 aromatic rings. The minimum atomic E-state index is -6.39. The summed E-state index contributed by atoms with van der Waals surface area (Å²) in [6.45, 7) is 3.69. The number of rotatable bonds is 11. The van der Waals surface area contributed by atoms with E-state index in [1.54, 1.807) is 0 Å². The van der Waals surface area contributed by atoms with E-state index in [-0.39, 0.29) is 13.8 Å². The van der Waals surface area contributed by atoms with Gasteiger partial charge in [-0.3, -0.25) is 0 Å². The number of halogens is 21. The first-order valence-electron chi connectivity index (χ1n) is 9.93. The molecule has 0 saturated carbocycles. The van der Waals surface area contributed by atoms with Gasteiger partial charge in [-0.25, -0.2) is 18.9 Å². The largest absolute Gasteiger partial charge is 0.559 e. The van der Waals surface area contributed by atoms with Gasteiger partial charge in [0.2, 0.25) is 0 Å². The highest BCUT2D eigenvalue weighted by Gasteiger charge is 2.68. The van der Waals surface area contributed by atoms with Crippen molar-refractivity contribution in [1.29, 1.82) is 0 Å². The van der Waals surface area contributed by atoms with Gasteiger partial charge in [0.1, 0.15) is 6.61 Å². The first-order valence-corrected chi connectivity index (χ1v) is 9.93. The van der Waals surface area contributed by atoms with Crippen molar-refractivity contribution in [3.05, 3.63) is 0 Å². The molecule has 0 amide bonds. The van der Waals surface area contributed by atoms with Gasteiger partial charge in [0.25, 0.3) is 0 Å². The Morgan fingerprint density at radius 1 is 0.442 bits per heavy atom. The third kappa shape index (κ3) is 40.3. The van der Waals surface area contributed by atoms with Crippen LogP contribution in [0.2, 0.25) is 0 Å². The topological polar surface area (TPSA) is 46.2 Å². The first-order chi connectivity index (χ1) is 18.0. The molecule has 0 unspecified atom stereocenters. The van der Waals surface area contributed by atoms with Crippen LogP contribution in [0.25, 0.3) is 0 Å². The van der Waals surface area contributed by atoms with E-state index < -0.39 is 69.3 Å². The predicted molar refractivity (Wildman–Crippen MR) is 95.7 cm³/mol. The zero-order valence-corrected chi connectivity index (χ0v) is 21.8. The average molecular weight is 704 g/mol. The fourth-order valence-electron chi connectivity index (χ4n) is 1.13. The molecule has 0 fully saturated rings. The van der Waals surface area contributed by atoms with E-state index in [0.29, 0.717) is 0 Å². The van der Waals surface area contributed by atoms with Crippen LogP contribution in [0.4, 0.5) is 92.2 Å². The second kappa shape index (κ2) is 16.6. The van der Waals surface area contributed by atoms with Crippen molar-refractivity contribution < 1.29 is 116 Å². The normalized spacial score (nSPS) is 14.2. The molecule has 26 heteroatoms. The van der Waals surface area contributed by atoms with Crippen LogP contribution in [0.5, 0.6) is 0 Å². The summed E-state index contributed by atoms with van der Waals surface area (Å²) in [5.74, 6) is 0.833. The fourth-order valence-corrected chi connectivity index (χ4v) is 1.13. The Morgan fingerprint density at radius 2 is 0.721 bits per heavy atom. The molecule has 0 radical (unpaired) electrons. The Kier molecular flexibility index (Phi) is 18.6.